The monoisotopic (exact) mass is 344 g/mol. The summed E-state index contributed by atoms with van der Waals surface area (Å²) < 4.78 is 26.6. The molecule has 0 aliphatic carbocycles. The fraction of sp³-hybridized carbons (Fsp3) is 0.263. The van der Waals surface area contributed by atoms with Crippen molar-refractivity contribution in [2.24, 2.45) is 0 Å². The first-order valence-electron chi connectivity index (χ1n) is 8.07. The third-order valence-electron chi connectivity index (χ3n) is 4.32. The SMILES string of the molecule is C[C@@H]1CN(C(=O)c2cccc(F)c2)CCN1C(=O)c1cccc(F)c1. The van der Waals surface area contributed by atoms with Gasteiger partial charge in [-0.1, -0.05) is 12.1 Å². The van der Waals surface area contributed by atoms with Gasteiger partial charge in [-0.15, -0.1) is 0 Å². The molecule has 1 saturated heterocycles. The van der Waals surface area contributed by atoms with E-state index in [0.29, 0.717) is 19.6 Å². The lowest BCUT2D eigenvalue weighted by atomic mass is 10.1. The van der Waals surface area contributed by atoms with Gasteiger partial charge in [-0.2, -0.15) is 0 Å². The van der Waals surface area contributed by atoms with E-state index >= 15 is 0 Å². The second-order valence-corrected chi connectivity index (χ2v) is 6.12. The Bertz CT molecular complexity index is 810. The number of benzene rings is 2. The van der Waals surface area contributed by atoms with Crippen molar-refractivity contribution in [2.45, 2.75) is 13.0 Å². The van der Waals surface area contributed by atoms with Crippen LogP contribution in [-0.4, -0.2) is 47.3 Å². The average Bonchev–Trinajstić information content (AvgIpc) is 2.60. The highest BCUT2D eigenvalue weighted by Crippen LogP contribution is 2.17. The molecule has 1 aliphatic heterocycles. The van der Waals surface area contributed by atoms with Gasteiger partial charge in [-0.25, -0.2) is 8.78 Å². The number of carbonyl (C=O) groups is 2. The molecule has 6 heteroatoms. The Morgan fingerprint density at radius 2 is 1.48 bits per heavy atom. The summed E-state index contributed by atoms with van der Waals surface area (Å²) >= 11 is 0. The van der Waals surface area contributed by atoms with E-state index in [-0.39, 0.29) is 29.0 Å². The van der Waals surface area contributed by atoms with Gasteiger partial charge in [0.1, 0.15) is 11.6 Å². The van der Waals surface area contributed by atoms with Crippen molar-refractivity contribution in [3.63, 3.8) is 0 Å². The van der Waals surface area contributed by atoms with Crippen molar-refractivity contribution in [3.8, 4) is 0 Å². The van der Waals surface area contributed by atoms with Crippen molar-refractivity contribution >= 4 is 11.8 Å². The van der Waals surface area contributed by atoms with Gasteiger partial charge in [0, 0.05) is 36.8 Å². The predicted molar refractivity (Wildman–Crippen MR) is 89.2 cm³/mol. The summed E-state index contributed by atoms with van der Waals surface area (Å²) in [5.74, 6) is -1.44. The summed E-state index contributed by atoms with van der Waals surface area (Å²) in [6.45, 7) is 2.87. The first-order valence-corrected chi connectivity index (χ1v) is 8.07. The molecule has 0 bridgehead atoms. The lowest BCUT2D eigenvalue weighted by molar-refractivity contribution is 0.0414. The van der Waals surface area contributed by atoms with Crippen LogP contribution in [0.15, 0.2) is 48.5 Å². The molecule has 25 heavy (non-hydrogen) atoms. The van der Waals surface area contributed by atoms with Gasteiger partial charge < -0.3 is 9.80 Å². The summed E-state index contributed by atoms with van der Waals surface area (Å²) in [6, 6.07) is 10.9. The van der Waals surface area contributed by atoms with Crippen LogP contribution < -0.4 is 0 Å². The fourth-order valence-electron chi connectivity index (χ4n) is 3.04. The summed E-state index contributed by atoms with van der Waals surface area (Å²) in [7, 11) is 0. The highest BCUT2D eigenvalue weighted by Gasteiger charge is 2.30. The molecule has 0 aromatic heterocycles. The van der Waals surface area contributed by atoms with Crippen LogP contribution in [0.1, 0.15) is 27.6 Å². The van der Waals surface area contributed by atoms with Gasteiger partial charge in [-0.3, -0.25) is 9.59 Å². The number of rotatable bonds is 2. The zero-order valence-electron chi connectivity index (χ0n) is 13.8. The van der Waals surface area contributed by atoms with Gasteiger partial charge in [0.15, 0.2) is 0 Å². The Hall–Kier alpha value is -2.76. The second kappa shape index (κ2) is 7.01. The van der Waals surface area contributed by atoms with E-state index < -0.39 is 11.6 Å². The van der Waals surface area contributed by atoms with Gasteiger partial charge >= 0.3 is 0 Å². The zero-order valence-corrected chi connectivity index (χ0v) is 13.8. The average molecular weight is 344 g/mol. The highest BCUT2D eigenvalue weighted by molar-refractivity contribution is 5.96. The first-order chi connectivity index (χ1) is 12.0. The van der Waals surface area contributed by atoms with E-state index in [2.05, 4.69) is 0 Å². The van der Waals surface area contributed by atoms with E-state index in [0.717, 1.165) is 0 Å². The van der Waals surface area contributed by atoms with E-state index in [1.165, 1.54) is 36.4 Å². The number of halogens is 2. The number of nitrogens with zero attached hydrogens (tertiary/aromatic N) is 2. The van der Waals surface area contributed by atoms with Crippen LogP contribution >= 0.6 is 0 Å². The topological polar surface area (TPSA) is 40.6 Å². The van der Waals surface area contributed by atoms with Crippen LogP contribution in [0.3, 0.4) is 0 Å². The lowest BCUT2D eigenvalue weighted by Crippen LogP contribution is -2.55. The van der Waals surface area contributed by atoms with Crippen LogP contribution in [-0.2, 0) is 0 Å². The molecule has 1 heterocycles. The van der Waals surface area contributed by atoms with Crippen molar-refractivity contribution in [3.05, 3.63) is 71.3 Å². The van der Waals surface area contributed by atoms with Crippen LogP contribution in [0, 0.1) is 11.6 Å². The molecule has 0 N–H and O–H groups in total. The molecule has 2 amide bonds. The van der Waals surface area contributed by atoms with Crippen LogP contribution in [0.2, 0.25) is 0 Å². The molecule has 2 aromatic carbocycles. The quantitative estimate of drug-likeness (QED) is 0.840. The molecule has 1 fully saturated rings. The maximum absolute atomic E-state index is 13.3. The minimum absolute atomic E-state index is 0.220. The first kappa shape index (κ1) is 17.1. The molecule has 3 rings (SSSR count). The molecule has 1 atom stereocenters. The molecule has 4 nitrogen and oxygen atoms in total. The molecule has 0 radical (unpaired) electrons. The van der Waals surface area contributed by atoms with Crippen LogP contribution in [0.25, 0.3) is 0 Å². The second-order valence-electron chi connectivity index (χ2n) is 6.12. The van der Waals surface area contributed by atoms with Crippen molar-refractivity contribution < 1.29 is 18.4 Å². The van der Waals surface area contributed by atoms with Crippen molar-refractivity contribution in [2.75, 3.05) is 19.6 Å². The third-order valence-corrected chi connectivity index (χ3v) is 4.32. The Morgan fingerprint density at radius 3 is 2.00 bits per heavy atom. The summed E-state index contributed by atoms with van der Waals surface area (Å²) in [4.78, 5) is 28.3. The van der Waals surface area contributed by atoms with Crippen molar-refractivity contribution in [1.29, 1.82) is 0 Å². The Morgan fingerprint density at radius 1 is 0.920 bits per heavy atom. The Kier molecular flexibility index (Phi) is 4.79. The fourth-order valence-corrected chi connectivity index (χ4v) is 3.04. The summed E-state index contributed by atoms with van der Waals surface area (Å²) in [5, 5.41) is 0. The third kappa shape index (κ3) is 3.68. The normalized spacial score (nSPS) is 17.5. The molecule has 2 aromatic rings. The molecule has 0 unspecified atom stereocenters. The molecule has 0 spiro atoms. The summed E-state index contributed by atoms with van der Waals surface area (Å²) in [6.07, 6.45) is 0. The molecular weight excluding hydrogens is 326 g/mol. The van der Waals surface area contributed by atoms with Crippen LogP contribution in [0.5, 0.6) is 0 Å². The Balaban J connectivity index is 1.70. The van der Waals surface area contributed by atoms with Gasteiger partial charge in [0.05, 0.1) is 0 Å². The maximum atomic E-state index is 13.3. The highest BCUT2D eigenvalue weighted by atomic mass is 19.1. The number of piperazine rings is 1. The van der Waals surface area contributed by atoms with Crippen LogP contribution in [0.4, 0.5) is 8.78 Å². The predicted octanol–water partition coefficient (Wildman–Crippen LogP) is 2.95. The number of carbonyl (C=O) groups excluding carboxylic acids is 2. The zero-order chi connectivity index (χ0) is 18.0. The van der Waals surface area contributed by atoms with E-state index in [1.807, 2.05) is 6.92 Å². The number of amides is 2. The van der Waals surface area contributed by atoms with Gasteiger partial charge in [-0.05, 0) is 43.3 Å². The molecule has 0 saturated carbocycles. The minimum Gasteiger partial charge on any atom is -0.335 e. The molecular formula is C19H18F2N2O2. The van der Waals surface area contributed by atoms with E-state index in [9.17, 15) is 18.4 Å². The van der Waals surface area contributed by atoms with Gasteiger partial charge in [0.25, 0.3) is 11.8 Å². The maximum Gasteiger partial charge on any atom is 0.254 e. The number of hydrogen-bond donors (Lipinski definition) is 0. The lowest BCUT2D eigenvalue weighted by Gasteiger charge is -2.40. The minimum atomic E-state index is -0.460. The molecule has 130 valence electrons. The standard InChI is InChI=1S/C19H18F2N2O2/c1-13-12-22(18(24)14-4-2-6-16(20)10-14)8-9-23(13)19(25)15-5-3-7-17(21)11-15/h2-7,10-11,13H,8-9,12H2,1H3/t13-/m1/s1. The van der Waals surface area contributed by atoms with Gasteiger partial charge in [0.2, 0.25) is 0 Å². The smallest absolute Gasteiger partial charge is 0.254 e. The molecule has 1 aliphatic rings. The van der Waals surface area contributed by atoms with E-state index in [4.69, 9.17) is 0 Å². The van der Waals surface area contributed by atoms with E-state index in [1.54, 1.807) is 21.9 Å². The number of hydrogen-bond acceptors (Lipinski definition) is 2. The van der Waals surface area contributed by atoms with Crippen molar-refractivity contribution in [1.82, 2.24) is 9.80 Å². The largest absolute Gasteiger partial charge is 0.335 e. The Labute approximate surface area is 144 Å². The summed E-state index contributed by atoms with van der Waals surface area (Å²) in [5.41, 5.74) is 0.578.